The molecular formula is C16H24N2O2. The van der Waals surface area contributed by atoms with Gasteiger partial charge in [-0.1, -0.05) is 13.3 Å². The summed E-state index contributed by atoms with van der Waals surface area (Å²) in [5.41, 5.74) is 2.52. The third-order valence-corrected chi connectivity index (χ3v) is 5.24. The zero-order chi connectivity index (χ0) is 14.1. The van der Waals surface area contributed by atoms with E-state index in [-0.39, 0.29) is 12.0 Å². The van der Waals surface area contributed by atoms with E-state index in [0.717, 1.165) is 38.5 Å². The number of rotatable bonds is 3. The molecule has 1 fully saturated rings. The molecular weight excluding hydrogens is 252 g/mol. The molecule has 3 rings (SSSR count). The molecule has 2 aliphatic carbocycles. The number of hydrogen-bond donors (Lipinski definition) is 1. The summed E-state index contributed by atoms with van der Waals surface area (Å²) in [7, 11) is 0. The number of aliphatic carboxylic acids is 1. The Morgan fingerprint density at radius 3 is 2.95 bits per heavy atom. The van der Waals surface area contributed by atoms with Gasteiger partial charge in [0.2, 0.25) is 0 Å². The summed E-state index contributed by atoms with van der Waals surface area (Å²) in [6.07, 6.45) is 10.5. The van der Waals surface area contributed by atoms with Crippen LogP contribution in [0.15, 0.2) is 6.33 Å². The molecule has 0 amide bonds. The first-order valence-electron chi connectivity index (χ1n) is 7.98. The average molecular weight is 276 g/mol. The van der Waals surface area contributed by atoms with Gasteiger partial charge in [-0.15, -0.1) is 0 Å². The molecule has 1 aromatic heterocycles. The minimum absolute atomic E-state index is 0.112. The maximum atomic E-state index is 11.6. The van der Waals surface area contributed by atoms with Gasteiger partial charge in [0.05, 0.1) is 17.9 Å². The smallest absolute Gasteiger partial charge is 0.308 e. The van der Waals surface area contributed by atoms with Crippen LogP contribution in [0.5, 0.6) is 0 Å². The first-order valence-corrected chi connectivity index (χ1v) is 7.98. The SMILES string of the molecule is CCC1CCC(C(=O)O)C(n2cnc3c2CCCC3)C1. The number of carbonyl (C=O) groups is 1. The van der Waals surface area contributed by atoms with E-state index in [1.807, 2.05) is 6.33 Å². The van der Waals surface area contributed by atoms with Gasteiger partial charge in [-0.2, -0.15) is 0 Å². The number of fused-ring (bicyclic) bond motifs is 1. The third-order valence-electron chi connectivity index (χ3n) is 5.24. The van der Waals surface area contributed by atoms with Crippen LogP contribution in [0.4, 0.5) is 0 Å². The molecule has 3 atom stereocenters. The molecule has 4 heteroatoms. The van der Waals surface area contributed by atoms with Gasteiger partial charge in [-0.25, -0.2) is 4.98 Å². The van der Waals surface area contributed by atoms with Gasteiger partial charge < -0.3 is 9.67 Å². The lowest BCUT2D eigenvalue weighted by Crippen LogP contribution is -2.33. The maximum absolute atomic E-state index is 11.6. The van der Waals surface area contributed by atoms with E-state index >= 15 is 0 Å². The van der Waals surface area contributed by atoms with Crippen LogP contribution in [-0.4, -0.2) is 20.6 Å². The highest BCUT2D eigenvalue weighted by Gasteiger charge is 2.37. The van der Waals surface area contributed by atoms with E-state index in [4.69, 9.17) is 0 Å². The summed E-state index contributed by atoms with van der Waals surface area (Å²) in [6.45, 7) is 2.21. The quantitative estimate of drug-likeness (QED) is 0.922. The van der Waals surface area contributed by atoms with Crippen LogP contribution in [-0.2, 0) is 17.6 Å². The van der Waals surface area contributed by atoms with Crippen molar-refractivity contribution in [3.8, 4) is 0 Å². The predicted octanol–water partition coefficient (Wildman–Crippen LogP) is 3.21. The highest BCUT2D eigenvalue weighted by molar-refractivity contribution is 5.70. The number of aromatic nitrogens is 2. The van der Waals surface area contributed by atoms with E-state index in [9.17, 15) is 9.90 Å². The molecule has 3 unspecified atom stereocenters. The number of nitrogens with zero attached hydrogens (tertiary/aromatic N) is 2. The molecule has 0 saturated heterocycles. The number of aryl methyl sites for hydroxylation is 1. The fourth-order valence-electron chi connectivity index (χ4n) is 3.98. The Labute approximate surface area is 120 Å². The fourth-order valence-corrected chi connectivity index (χ4v) is 3.98. The second-order valence-corrected chi connectivity index (χ2v) is 6.35. The molecule has 2 aliphatic rings. The van der Waals surface area contributed by atoms with Crippen LogP contribution in [0.2, 0.25) is 0 Å². The molecule has 1 saturated carbocycles. The minimum atomic E-state index is -0.636. The summed E-state index contributed by atoms with van der Waals surface area (Å²) in [5.74, 6) is -0.210. The van der Waals surface area contributed by atoms with E-state index in [0.29, 0.717) is 5.92 Å². The van der Waals surface area contributed by atoms with Crippen LogP contribution in [0.25, 0.3) is 0 Å². The highest BCUT2D eigenvalue weighted by Crippen LogP contribution is 2.40. The van der Waals surface area contributed by atoms with Crippen LogP contribution >= 0.6 is 0 Å². The summed E-state index contributed by atoms with van der Waals surface area (Å²) in [5, 5.41) is 9.54. The van der Waals surface area contributed by atoms with Gasteiger partial charge in [0.25, 0.3) is 0 Å². The zero-order valence-electron chi connectivity index (χ0n) is 12.2. The lowest BCUT2D eigenvalue weighted by atomic mass is 9.77. The van der Waals surface area contributed by atoms with E-state index in [1.165, 1.54) is 24.2 Å². The van der Waals surface area contributed by atoms with Crippen molar-refractivity contribution in [2.45, 2.75) is 64.3 Å². The summed E-state index contributed by atoms with van der Waals surface area (Å²) >= 11 is 0. The summed E-state index contributed by atoms with van der Waals surface area (Å²) < 4.78 is 2.22. The second kappa shape index (κ2) is 5.58. The average Bonchev–Trinajstić information content (AvgIpc) is 2.90. The minimum Gasteiger partial charge on any atom is -0.481 e. The Morgan fingerprint density at radius 1 is 1.40 bits per heavy atom. The third kappa shape index (κ3) is 2.36. The van der Waals surface area contributed by atoms with Crippen molar-refractivity contribution in [1.29, 1.82) is 0 Å². The van der Waals surface area contributed by atoms with Gasteiger partial charge in [-0.3, -0.25) is 4.79 Å². The van der Waals surface area contributed by atoms with Crippen molar-refractivity contribution in [3.63, 3.8) is 0 Å². The fraction of sp³-hybridized carbons (Fsp3) is 0.750. The van der Waals surface area contributed by atoms with Crippen molar-refractivity contribution in [2.24, 2.45) is 11.8 Å². The first-order chi connectivity index (χ1) is 9.70. The Hall–Kier alpha value is -1.32. The van der Waals surface area contributed by atoms with Gasteiger partial charge in [0.1, 0.15) is 0 Å². The van der Waals surface area contributed by atoms with Crippen LogP contribution in [0.1, 0.15) is 62.9 Å². The molecule has 0 aliphatic heterocycles. The topological polar surface area (TPSA) is 55.1 Å². The normalized spacial score (nSPS) is 29.9. The van der Waals surface area contributed by atoms with E-state index in [1.54, 1.807) is 0 Å². The van der Waals surface area contributed by atoms with Crippen molar-refractivity contribution in [3.05, 3.63) is 17.7 Å². The summed E-state index contributed by atoms with van der Waals surface area (Å²) in [4.78, 5) is 16.1. The Morgan fingerprint density at radius 2 is 2.20 bits per heavy atom. The molecule has 1 N–H and O–H groups in total. The van der Waals surface area contributed by atoms with Gasteiger partial charge >= 0.3 is 5.97 Å². The predicted molar refractivity (Wildman–Crippen MR) is 76.7 cm³/mol. The Balaban J connectivity index is 1.91. The van der Waals surface area contributed by atoms with Crippen LogP contribution in [0, 0.1) is 11.8 Å². The second-order valence-electron chi connectivity index (χ2n) is 6.35. The lowest BCUT2D eigenvalue weighted by molar-refractivity contribution is -0.145. The molecule has 0 aromatic carbocycles. The maximum Gasteiger partial charge on any atom is 0.308 e. The Kier molecular flexibility index (Phi) is 3.81. The monoisotopic (exact) mass is 276 g/mol. The van der Waals surface area contributed by atoms with Crippen LogP contribution < -0.4 is 0 Å². The van der Waals surface area contributed by atoms with Crippen molar-refractivity contribution in [2.75, 3.05) is 0 Å². The van der Waals surface area contributed by atoms with Crippen LogP contribution in [0.3, 0.4) is 0 Å². The molecule has 0 spiro atoms. The van der Waals surface area contributed by atoms with E-state index in [2.05, 4.69) is 16.5 Å². The van der Waals surface area contributed by atoms with Gasteiger partial charge in [-0.05, 0) is 50.9 Å². The molecule has 1 aromatic rings. The number of imidazole rings is 1. The standard InChI is InChI=1S/C16H24N2O2/c1-2-11-7-8-12(16(19)20)15(9-11)18-10-17-13-5-3-4-6-14(13)18/h10-12,15H,2-9H2,1H3,(H,19,20). The molecule has 0 radical (unpaired) electrons. The first kappa shape index (κ1) is 13.7. The van der Waals surface area contributed by atoms with Gasteiger partial charge in [0, 0.05) is 11.7 Å². The van der Waals surface area contributed by atoms with Crippen molar-refractivity contribution < 1.29 is 9.90 Å². The number of carboxylic acids is 1. The lowest BCUT2D eigenvalue weighted by Gasteiger charge is -2.35. The zero-order valence-corrected chi connectivity index (χ0v) is 12.2. The molecule has 20 heavy (non-hydrogen) atoms. The Bertz CT molecular complexity index is 495. The van der Waals surface area contributed by atoms with Crippen molar-refractivity contribution in [1.82, 2.24) is 9.55 Å². The number of carboxylic acid groups (broad SMARTS) is 1. The largest absolute Gasteiger partial charge is 0.481 e. The molecule has 1 heterocycles. The molecule has 0 bridgehead atoms. The number of hydrogen-bond acceptors (Lipinski definition) is 2. The highest BCUT2D eigenvalue weighted by atomic mass is 16.4. The van der Waals surface area contributed by atoms with Gasteiger partial charge in [0.15, 0.2) is 0 Å². The van der Waals surface area contributed by atoms with E-state index < -0.39 is 5.97 Å². The molecule has 4 nitrogen and oxygen atoms in total. The summed E-state index contributed by atoms with van der Waals surface area (Å²) in [6, 6.07) is 0.112. The molecule has 110 valence electrons. The van der Waals surface area contributed by atoms with Crippen molar-refractivity contribution >= 4 is 5.97 Å².